The first-order chi connectivity index (χ1) is 13.1. The molecule has 0 saturated carbocycles. The first-order valence-corrected chi connectivity index (χ1v) is 9.18. The Bertz CT molecular complexity index is 1010. The third-order valence-corrected chi connectivity index (χ3v) is 4.95. The number of fused-ring (bicyclic) bond motifs is 1. The molecule has 1 saturated heterocycles. The minimum atomic E-state index is -0.406. The number of aromatic nitrogens is 1. The number of aryl methyl sites for hydroxylation is 1. The molecule has 1 aliphatic rings. The van der Waals surface area contributed by atoms with Crippen LogP contribution in [-0.4, -0.2) is 34.6 Å². The number of hydrogen-bond acceptors (Lipinski definition) is 4. The van der Waals surface area contributed by atoms with E-state index < -0.39 is 5.63 Å². The summed E-state index contributed by atoms with van der Waals surface area (Å²) in [4.78, 5) is 26.0. The molecule has 27 heavy (non-hydrogen) atoms. The van der Waals surface area contributed by atoms with Gasteiger partial charge in [0.25, 0.3) is 0 Å². The van der Waals surface area contributed by atoms with Crippen molar-refractivity contribution in [2.45, 2.75) is 32.4 Å². The van der Waals surface area contributed by atoms with Gasteiger partial charge in [-0.15, -0.1) is 0 Å². The van der Waals surface area contributed by atoms with Gasteiger partial charge in [-0.05, 0) is 24.4 Å². The second kappa shape index (κ2) is 7.31. The van der Waals surface area contributed by atoms with Gasteiger partial charge in [0, 0.05) is 43.7 Å². The summed E-state index contributed by atoms with van der Waals surface area (Å²) in [5, 5.41) is 1.14. The molecule has 4 rings (SSSR count). The summed E-state index contributed by atoms with van der Waals surface area (Å²) in [6, 6.07) is 13.2. The van der Waals surface area contributed by atoms with E-state index in [0.29, 0.717) is 31.1 Å². The summed E-state index contributed by atoms with van der Waals surface area (Å²) < 4.78 is 12.8. The van der Waals surface area contributed by atoms with Crippen molar-refractivity contribution < 1.29 is 13.9 Å². The Morgan fingerprint density at radius 1 is 1.19 bits per heavy atom. The van der Waals surface area contributed by atoms with Crippen LogP contribution in [0.1, 0.15) is 18.6 Å². The van der Waals surface area contributed by atoms with Crippen LogP contribution in [0.15, 0.2) is 57.9 Å². The van der Waals surface area contributed by atoms with E-state index in [1.807, 2.05) is 46.0 Å². The number of carbonyl (C=O) groups is 1. The number of amides is 1. The molecule has 3 aromatic rings. The zero-order valence-electron chi connectivity index (χ0n) is 15.3. The Morgan fingerprint density at radius 3 is 2.74 bits per heavy atom. The molecule has 140 valence electrons. The highest BCUT2D eigenvalue weighted by atomic mass is 16.5. The van der Waals surface area contributed by atoms with Crippen LogP contribution in [-0.2, 0) is 11.3 Å². The van der Waals surface area contributed by atoms with Crippen LogP contribution in [0.4, 0.5) is 0 Å². The first-order valence-electron chi connectivity index (χ1n) is 9.18. The summed E-state index contributed by atoms with van der Waals surface area (Å²) in [5.74, 6) is 1.18. The second-order valence-electron chi connectivity index (χ2n) is 6.92. The third-order valence-electron chi connectivity index (χ3n) is 4.95. The Balaban J connectivity index is 1.34. The lowest BCUT2D eigenvalue weighted by Gasteiger charge is -2.32. The molecule has 0 radical (unpaired) electrons. The average Bonchev–Trinajstić information content (AvgIpc) is 3.04. The second-order valence-corrected chi connectivity index (χ2v) is 6.92. The number of para-hydroxylation sites is 1. The maximum absolute atomic E-state index is 12.7. The van der Waals surface area contributed by atoms with E-state index in [2.05, 4.69) is 0 Å². The molecule has 3 heterocycles. The number of nitrogens with zero attached hydrogens (tertiary/aromatic N) is 2. The van der Waals surface area contributed by atoms with Gasteiger partial charge >= 0.3 is 5.63 Å². The number of piperidine rings is 1. The highest BCUT2D eigenvalue weighted by Crippen LogP contribution is 2.20. The summed E-state index contributed by atoms with van der Waals surface area (Å²) in [6.45, 7) is 3.38. The fraction of sp³-hybridized carbons (Fsp3) is 0.333. The lowest BCUT2D eigenvalue weighted by molar-refractivity contribution is -0.133. The van der Waals surface area contributed by atoms with Gasteiger partial charge in [-0.2, -0.15) is 0 Å². The molecule has 1 aromatic carbocycles. The van der Waals surface area contributed by atoms with Gasteiger partial charge in [-0.25, -0.2) is 4.79 Å². The molecule has 2 aromatic heterocycles. The molecule has 0 atom stereocenters. The van der Waals surface area contributed by atoms with Crippen molar-refractivity contribution in [2.24, 2.45) is 0 Å². The normalized spacial score (nSPS) is 15.2. The monoisotopic (exact) mass is 366 g/mol. The van der Waals surface area contributed by atoms with Crippen molar-refractivity contribution in [1.82, 2.24) is 9.47 Å². The molecule has 0 aliphatic carbocycles. The van der Waals surface area contributed by atoms with E-state index in [1.54, 1.807) is 13.0 Å². The zero-order chi connectivity index (χ0) is 18.8. The van der Waals surface area contributed by atoms with Crippen LogP contribution in [0.5, 0.6) is 5.75 Å². The van der Waals surface area contributed by atoms with Crippen molar-refractivity contribution in [2.75, 3.05) is 13.1 Å². The number of carbonyl (C=O) groups excluding carboxylic acids is 1. The van der Waals surface area contributed by atoms with E-state index in [0.717, 1.165) is 23.7 Å². The highest BCUT2D eigenvalue weighted by molar-refractivity contribution is 5.83. The number of likely N-dealkylation sites (tertiary alicyclic amines) is 1. The molecule has 0 bridgehead atoms. The Labute approximate surface area is 157 Å². The van der Waals surface area contributed by atoms with Crippen LogP contribution in [0.2, 0.25) is 0 Å². The SMILES string of the molecule is Cc1cc(OC2CCN(C(=O)Cn3ccc4ccccc43)CC2)cc(=O)o1. The molecule has 0 N–H and O–H groups in total. The molecule has 1 aliphatic heterocycles. The van der Waals surface area contributed by atoms with Crippen molar-refractivity contribution in [1.29, 1.82) is 0 Å². The third kappa shape index (κ3) is 3.89. The van der Waals surface area contributed by atoms with Gasteiger partial charge in [0.15, 0.2) is 0 Å². The molecule has 1 amide bonds. The highest BCUT2D eigenvalue weighted by Gasteiger charge is 2.24. The minimum absolute atomic E-state index is 0.00246. The summed E-state index contributed by atoms with van der Waals surface area (Å²) in [7, 11) is 0. The van der Waals surface area contributed by atoms with Gasteiger partial charge in [-0.1, -0.05) is 18.2 Å². The van der Waals surface area contributed by atoms with Crippen molar-refractivity contribution in [3.05, 3.63) is 64.8 Å². The Morgan fingerprint density at radius 2 is 1.96 bits per heavy atom. The van der Waals surface area contributed by atoms with E-state index in [9.17, 15) is 9.59 Å². The predicted octanol–water partition coefficient (Wildman–Crippen LogP) is 2.97. The van der Waals surface area contributed by atoms with Gasteiger partial charge in [0.05, 0.1) is 6.07 Å². The quantitative estimate of drug-likeness (QED) is 0.712. The van der Waals surface area contributed by atoms with Crippen molar-refractivity contribution >= 4 is 16.8 Å². The molecular formula is C21H22N2O4. The maximum atomic E-state index is 12.7. The van der Waals surface area contributed by atoms with Gasteiger partial charge in [-0.3, -0.25) is 4.79 Å². The zero-order valence-corrected chi connectivity index (χ0v) is 15.3. The van der Waals surface area contributed by atoms with Crippen LogP contribution in [0.25, 0.3) is 10.9 Å². The van der Waals surface area contributed by atoms with Crippen LogP contribution in [0, 0.1) is 6.92 Å². The maximum Gasteiger partial charge on any atom is 0.339 e. The molecular weight excluding hydrogens is 344 g/mol. The molecule has 0 unspecified atom stereocenters. The van der Waals surface area contributed by atoms with Crippen LogP contribution >= 0.6 is 0 Å². The Hall–Kier alpha value is -3.02. The van der Waals surface area contributed by atoms with E-state index in [4.69, 9.17) is 9.15 Å². The molecule has 0 spiro atoms. The van der Waals surface area contributed by atoms with E-state index >= 15 is 0 Å². The fourth-order valence-electron chi connectivity index (χ4n) is 3.58. The first kappa shape index (κ1) is 17.4. The van der Waals surface area contributed by atoms with Crippen molar-refractivity contribution in [3.8, 4) is 5.75 Å². The molecule has 1 fully saturated rings. The number of benzene rings is 1. The van der Waals surface area contributed by atoms with Gasteiger partial charge in [0.2, 0.25) is 5.91 Å². The van der Waals surface area contributed by atoms with Gasteiger partial charge < -0.3 is 18.6 Å². The lowest BCUT2D eigenvalue weighted by atomic mass is 10.1. The van der Waals surface area contributed by atoms with Crippen molar-refractivity contribution in [3.63, 3.8) is 0 Å². The van der Waals surface area contributed by atoms with Gasteiger partial charge in [0.1, 0.15) is 24.2 Å². The van der Waals surface area contributed by atoms with E-state index in [1.165, 1.54) is 6.07 Å². The fourth-order valence-corrected chi connectivity index (χ4v) is 3.58. The largest absolute Gasteiger partial charge is 0.490 e. The lowest BCUT2D eigenvalue weighted by Crippen LogP contribution is -2.43. The molecule has 6 heteroatoms. The molecule has 6 nitrogen and oxygen atoms in total. The number of ether oxygens (including phenoxy) is 1. The summed E-state index contributed by atoms with van der Waals surface area (Å²) in [5.41, 5.74) is 0.666. The summed E-state index contributed by atoms with van der Waals surface area (Å²) >= 11 is 0. The topological polar surface area (TPSA) is 64.7 Å². The minimum Gasteiger partial charge on any atom is -0.490 e. The Kier molecular flexibility index (Phi) is 4.71. The summed E-state index contributed by atoms with van der Waals surface area (Å²) in [6.07, 6.45) is 3.46. The average molecular weight is 366 g/mol. The van der Waals surface area contributed by atoms with Crippen LogP contribution in [0.3, 0.4) is 0 Å². The van der Waals surface area contributed by atoms with Crippen LogP contribution < -0.4 is 10.4 Å². The predicted molar refractivity (Wildman–Crippen MR) is 102 cm³/mol. The van der Waals surface area contributed by atoms with E-state index in [-0.39, 0.29) is 12.0 Å². The standard InChI is InChI=1S/C21H22N2O4/c1-15-12-18(13-21(25)26-15)27-17-7-10-22(11-8-17)20(24)14-23-9-6-16-4-2-3-5-19(16)23/h2-6,9,12-13,17H,7-8,10-11,14H2,1H3. The smallest absolute Gasteiger partial charge is 0.339 e. The number of rotatable bonds is 4. The number of hydrogen-bond donors (Lipinski definition) is 0.